The van der Waals surface area contributed by atoms with Crippen LogP contribution in [0.2, 0.25) is 10.0 Å². The van der Waals surface area contributed by atoms with Crippen LogP contribution in [-0.2, 0) is 0 Å². The summed E-state index contributed by atoms with van der Waals surface area (Å²) in [6, 6.07) is 5.30. The maximum atomic E-state index is 5.88. The van der Waals surface area contributed by atoms with Crippen molar-refractivity contribution in [1.29, 1.82) is 0 Å². The third-order valence-corrected chi connectivity index (χ3v) is 2.52. The zero-order valence-corrected chi connectivity index (χ0v) is 9.16. The molecule has 0 spiro atoms. The minimum atomic E-state index is 0.457. The zero-order valence-electron chi connectivity index (χ0n) is 6.90. The molecule has 0 aliphatic carbocycles. The van der Waals surface area contributed by atoms with Gasteiger partial charge in [0.25, 0.3) is 0 Å². The number of rotatable bonds is 4. The molecule has 0 aliphatic heterocycles. The zero-order chi connectivity index (χ0) is 9.68. The monoisotopic (exact) mass is 238 g/mol. The third-order valence-electron chi connectivity index (χ3n) is 1.45. The van der Waals surface area contributed by atoms with Gasteiger partial charge in [0.05, 0.1) is 11.6 Å². The third kappa shape index (κ3) is 3.26. The minimum Gasteiger partial charge on any atom is -0.492 e. The summed E-state index contributed by atoms with van der Waals surface area (Å²) >= 11 is 17.2. The van der Waals surface area contributed by atoms with Crippen molar-refractivity contribution in [3.63, 3.8) is 0 Å². The fourth-order valence-electron chi connectivity index (χ4n) is 0.832. The highest BCUT2D eigenvalue weighted by molar-refractivity contribution is 6.42. The molecule has 1 nitrogen and oxygen atoms in total. The summed E-state index contributed by atoms with van der Waals surface area (Å²) in [4.78, 5) is 0. The van der Waals surface area contributed by atoms with Crippen molar-refractivity contribution < 1.29 is 4.74 Å². The number of hydrogen-bond acceptors (Lipinski definition) is 1. The summed E-state index contributed by atoms with van der Waals surface area (Å²) in [6.07, 6.45) is 0.796. The van der Waals surface area contributed by atoms with Crippen LogP contribution in [0.5, 0.6) is 5.75 Å². The Morgan fingerprint density at radius 1 is 1.23 bits per heavy atom. The van der Waals surface area contributed by atoms with E-state index in [1.165, 1.54) is 0 Å². The molecule has 0 radical (unpaired) electrons. The Balaban J connectivity index is 2.61. The smallest absolute Gasteiger partial charge is 0.139 e. The van der Waals surface area contributed by atoms with Crippen molar-refractivity contribution in [1.82, 2.24) is 0 Å². The van der Waals surface area contributed by atoms with Crippen LogP contribution in [0.4, 0.5) is 0 Å². The van der Waals surface area contributed by atoms with E-state index in [2.05, 4.69) is 0 Å². The molecule has 0 bridgehead atoms. The minimum absolute atomic E-state index is 0.457. The summed E-state index contributed by atoms with van der Waals surface area (Å²) in [5.41, 5.74) is 0. The van der Waals surface area contributed by atoms with Crippen molar-refractivity contribution in [3.8, 4) is 5.75 Å². The van der Waals surface area contributed by atoms with Gasteiger partial charge < -0.3 is 4.74 Å². The molecule has 1 aromatic carbocycles. The van der Waals surface area contributed by atoms with Gasteiger partial charge in [-0.3, -0.25) is 0 Å². The van der Waals surface area contributed by atoms with Gasteiger partial charge in [0, 0.05) is 5.88 Å². The normalized spacial score (nSPS) is 10.1. The molecule has 0 unspecified atom stereocenters. The van der Waals surface area contributed by atoms with Gasteiger partial charge in [-0.1, -0.05) is 29.3 Å². The maximum Gasteiger partial charge on any atom is 0.139 e. The Labute approximate surface area is 92.5 Å². The molecule has 13 heavy (non-hydrogen) atoms. The number of ether oxygens (including phenoxy) is 1. The van der Waals surface area contributed by atoms with Gasteiger partial charge in [-0.05, 0) is 18.6 Å². The lowest BCUT2D eigenvalue weighted by Crippen LogP contribution is -1.98. The van der Waals surface area contributed by atoms with E-state index >= 15 is 0 Å². The van der Waals surface area contributed by atoms with E-state index in [1.54, 1.807) is 18.2 Å². The van der Waals surface area contributed by atoms with Crippen molar-refractivity contribution in [2.45, 2.75) is 6.42 Å². The van der Waals surface area contributed by atoms with Gasteiger partial charge in [0.15, 0.2) is 0 Å². The number of hydrogen-bond donors (Lipinski definition) is 0. The van der Waals surface area contributed by atoms with Crippen LogP contribution in [0.1, 0.15) is 6.42 Å². The van der Waals surface area contributed by atoms with Gasteiger partial charge >= 0.3 is 0 Å². The molecular formula is C9H9Cl3O. The Morgan fingerprint density at radius 3 is 2.69 bits per heavy atom. The van der Waals surface area contributed by atoms with Gasteiger partial charge in [0.1, 0.15) is 10.8 Å². The highest BCUT2D eigenvalue weighted by Crippen LogP contribution is 2.31. The molecule has 0 atom stereocenters. The van der Waals surface area contributed by atoms with Crippen LogP contribution in [0, 0.1) is 0 Å². The topological polar surface area (TPSA) is 9.23 Å². The second-order valence-electron chi connectivity index (χ2n) is 2.44. The van der Waals surface area contributed by atoms with E-state index < -0.39 is 0 Å². The average Bonchev–Trinajstić information content (AvgIpc) is 2.13. The van der Waals surface area contributed by atoms with E-state index in [9.17, 15) is 0 Å². The molecule has 0 heterocycles. The molecule has 0 amide bonds. The lowest BCUT2D eigenvalue weighted by atomic mass is 10.3. The summed E-state index contributed by atoms with van der Waals surface area (Å²) in [5, 5.41) is 0.962. The highest BCUT2D eigenvalue weighted by atomic mass is 35.5. The van der Waals surface area contributed by atoms with E-state index in [0.717, 1.165) is 6.42 Å². The van der Waals surface area contributed by atoms with Crippen LogP contribution < -0.4 is 4.74 Å². The van der Waals surface area contributed by atoms with Gasteiger partial charge in [0.2, 0.25) is 0 Å². The number of halogens is 3. The maximum absolute atomic E-state index is 5.88. The molecule has 1 rings (SSSR count). The van der Waals surface area contributed by atoms with Crippen LogP contribution in [0.25, 0.3) is 0 Å². The molecule has 72 valence electrons. The first kappa shape index (κ1) is 11.0. The molecular weight excluding hydrogens is 230 g/mol. The lowest BCUT2D eigenvalue weighted by molar-refractivity contribution is 0.318. The molecule has 4 heteroatoms. The molecule has 0 saturated carbocycles. The summed E-state index contributed by atoms with van der Waals surface area (Å²) < 4.78 is 5.36. The second kappa shape index (κ2) is 5.58. The Hall–Kier alpha value is -0.110. The average molecular weight is 240 g/mol. The first-order valence-corrected chi connectivity index (χ1v) is 5.17. The highest BCUT2D eigenvalue weighted by Gasteiger charge is 2.04. The van der Waals surface area contributed by atoms with E-state index in [0.29, 0.717) is 28.3 Å². The quantitative estimate of drug-likeness (QED) is 0.570. The van der Waals surface area contributed by atoms with Crippen molar-refractivity contribution >= 4 is 34.8 Å². The predicted octanol–water partition coefficient (Wildman–Crippen LogP) is 4.00. The van der Waals surface area contributed by atoms with E-state index in [1.807, 2.05) is 0 Å². The van der Waals surface area contributed by atoms with Crippen LogP contribution in [0.15, 0.2) is 18.2 Å². The molecule has 0 fully saturated rings. The Kier molecular flexibility index (Phi) is 4.71. The SMILES string of the molecule is ClCCCOc1cccc(Cl)c1Cl. The Bertz CT molecular complexity index is 276. The van der Waals surface area contributed by atoms with Crippen LogP contribution in [0.3, 0.4) is 0 Å². The van der Waals surface area contributed by atoms with Crippen molar-refractivity contribution in [3.05, 3.63) is 28.2 Å². The number of alkyl halides is 1. The first-order chi connectivity index (χ1) is 6.25. The summed E-state index contributed by atoms with van der Waals surface area (Å²) in [5.74, 6) is 1.19. The predicted molar refractivity (Wildman–Crippen MR) is 57.3 cm³/mol. The van der Waals surface area contributed by atoms with Gasteiger partial charge in [-0.15, -0.1) is 11.6 Å². The largest absolute Gasteiger partial charge is 0.492 e. The van der Waals surface area contributed by atoms with Crippen LogP contribution >= 0.6 is 34.8 Å². The van der Waals surface area contributed by atoms with Crippen molar-refractivity contribution in [2.24, 2.45) is 0 Å². The Morgan fingerprint density at radius 2 is 2.00 bits per heavy atom. The fourth-order valence-corrected chi connectivity index (χ4v) is 1.29. The lowest BCUT2D eigenvalue weighted by Gasteiger charge is -2.07. The van der Waals surface area contributed by atoms with E-state index in [4.69, 9.17) is 39.5 Å². The molecule has 1 aromatic rings. The number of benzene rings is 1. The van der Waals surface area contributed by atoms with Gasteiger partial charge in [-0.25, -0.2) is 0 Å². The van der Waals surface area contributed by atoms with Gasteiger partial charge in [-0.2, -0.15) is 0 Å². The standard InChI is InChI=1S/C9H9Cl3O/c10-5-2-6-13-8-4-1-3-7(11)9(8)12/h1,3-4H,2,5-6H2. The fraction of sp³-hybridized carbons (Fsp3) is 0.333. The summed E-state index contributed by atoms with van der Waals surface area (Å²) in [6.45, 7) is 0.559. The molecule has 0 saturated heterocycles. The first-order valence-electron chi connectivity index (χ1n) is 3.88. The molecule has 0 aromatic heterocycles. The molecule has 0 aliphatic rings. The summed E-state index contributed by atoms with van der Waals surface area (Å²) in [7, 11) is 0. The van der Waals surface area contributed by atoms with Crippen molar-refractivity contribution in [2.75, 3.05) is 12.5 Å². The second-order valence-corrected chi connectivity index (χ2v) is 3.61. The van der Waals surface area contributed by atoms with Crippen LogP contribution in [-0.4, -0.2) is 12.5 Å². The molecule has 0 N–H and O–H groups in total. The van der Waals surface area contributed by atoms with E-state index in [-0.39, 0.29) is 0 Å².